The smallest absolute Gasteiger partial charge is 0.446 e. The van der Waals surface area contributed by atoms with Crippen molar-refractivity contribution in [2.75, 3.05) is 6.61 Å². The molecule has 15 heavy (non-hydrogen) atoms. The predicted molar refractivity (Wildman–Crippen MR) is 53.0 cm³/mol. The van der Waals surface area contributed by atoms with E-state index in [4.69, 9.17) is 4.74 Å². The van der Waals surface area contributed by atoms with Crippen LogP contribution in [0.25, 0.3) is 0 Å². The van der Waals surface area contributed by atoms with Crippen molar-refractivity contribution >= 4 is 11.8 Å². The first-order valence-electron chi connectivity index (χ1n) is 4.41. The van der Waals surface area contributed by atoms with Crippen molar-refractivity contribution < 1.29 is 17.9 Å². The van der Waals surface area contributed by atoms with E-state index in [0.29, 0.717) is 6.61 Å². The number of hydrogen-bond donors (Lipinski definition) is 0. The zero-order valence-electron chi connectivity index (χ0n) is 8.10. The fraction of sp³-hybridized carbons (Fsp3) is 0.400. The summed E-state index contributed by atoms with van der Waals surface area (Å²) in [6.07, 6.45) is 0.759. The van der Waals surface area contributed by atoms with E-state index in [0.717, 1.165) is 6.42 Å². The summed E-state index contributed by atoms with van der Waals surface area (Å²) in [5, 5.41) is 0. The van der Waals surface area contributed by atoms with Crippen molar-refractivity contribution in [3.05, 3.63) is 24.3 Å². The Labute approximate surface area is 90.6 Å². The minimum atomic E-state index is -4.29. The average molecular weight is 235 g/mol. The van der Waals surface area contributed by atoms with E-state index in [-0.39, 0.29) is 22.4 Å². The Balaban J connectivity index is 2.77. The van der Waals surface area contributed by atoms with Crippen LogP contribution in [0.2, 0.25) is 0 Å². The molecule has 1 aromatic rings. The lowest BCUT2D eigenvalue weighted by Crippen LogP contribution is -2.02. The highest BCUT2D eigenvalue weighted by atomic mass is 32.2. The highest BCUT2D eigenvalue weighted by molar-refractivity contribution is 8.00. The van der Waals surface area contributed by atoms with Crippen LogP contribution in [0.15, 0.2) is 23.1 Å². The van der Waals surface area contributed by atoms with Crippen LogP contribution in [-0.2, 0) is 0 Å². The number of rotatable bonds is 4. The maximum Gasteiger partial charge on any atom is 0.446 e. The van der Waals surface area contributed by atoms with Gasteiger partial charge in [0.2, 0.25) is 0 Å². The molecule has 0 atom stereocenters. The van der Waals surface area contributed by atoms with Crippen molar-refractivity contribution in [3.8, 4) is 5.75 Å². The van der Waals surface area contributed by atoms with Gasteiger partial charge in [0.1, 0.15) is 5.75 Å². The molecule has 0 saturated carbocycles. The Kier molecular flexibility index (Phi) is 4.32. The Morgan fingerprint density at radius 3 is 2.80 bits per heavy atom. The van der Waals surface area contributed by atoms with Crippen LogP contribution in [0, 0.1) is 6.07 Å². The first-order chi connectivity index (χ1) is 7.03. The molecule has 1 rings (SSSR count). The second-order valence-electron chi connectivity index (χ2n) is 2.77. The van der Waals surface area contributed by atoms with Crippen LogP contribution in [0.3, 0.4) is 0 Å². The molecule has 0 saturated heterocycles. The normalized spacial score (nSPS) is 11.5. The van der Waals surface area contributed by atoms with Crippen molar-refractivity contribution in [3.63, 3.8) is 0 Å². The van der Waals surface area contributed by atoms with Gasteiger partial charge in [-0.15, -0.1) is 0 Å². The van der Waals surface area contributed by atoms with Crippen molar-refractivity contribution in [1.82, 2.24) is 0 Å². The molecule has 0 unspecified atom stereocenters. The average Bonchev–Trinajstić information content (AvgIpc) is 2.14. The molecule has 0 aromatic heterocycles. The largest absolute Gasteiger partial charge is 0.492 e. The van der Waals surface area contributed by atoms with Crippen molar-refractivity contribution in [2.45, 2.75) is 23.7 Å². The van der Waals surface area contributed by atoms with Crippen LogP contribution in [-0.4, -0.2) is 12.1 Å². The number of hydrogen-bond acceptors (Lipinski definition) is 2. The van der Waals surface area contributed by atoms with E-state index in [1.165, 1.54) is 18.2 Å². The molecule has 1 radical (unpaired) electrons. The van der Waals surface area contributed by atoms with Gasteiger partial charge in [0.25, 0.3) is 0 Å². The number of benzene rings is 1. The number of thioether (sulfide) groups is 1. The Morgan fingerprint density at radius 2 is 2.20 bits per heavy atom. The van der Waals surface area contributed by atoms with Crippen LogP contribution >= 0.6 is 11.8 Å². The highest BCUT2D eigenvalue weighted by Gasteiger charge is 2.30. The molecule has 0 N–H and O–H groups in total. The van der Waals surface area contributed by atoms with Crippen LogP contribution in [0.5, 0.6) is 5.75 Å². The van der Waals surface area contributed by atoms with Crippen LogP contribution < -0.4 is 4.74 Å². The Bertz CT molecular complexity index is 312. The monoisotopic (exact) mass is 235 g/mol. The van der Waals surface area contributed by atoms with Gasteiger partial charge in [-0.25, -0.2) is 0 Å². The summed E-state index contributed by atoms with van der Waals surface area (Å²) in [7, 11) is 0. The lowest BCUT2D eigenvalue weighted by molar-refractivity contribution is -0.0329. The standard InChI is InChI=1S/C10H10F3OS/c1-2-7-14-8-5-3-4-6-9(8)15-10(11,12)13/h3,5-6H,2,7H2,1H3. The van der Waals surface area contributed by atoms with Crippen LogP contribution in [0.4, 0.5) is 13.2 Å². The van der Waals surface area contributed by atoms with E-state index in [1.807, 2.05) is 6.92 Å². The zero-order valence-corrected chi connectivity index (χ0v) is 8.91. The van der Waals surface area contributed by atoms with Gasteiger partial charge in [-0.3, -0.25) is 0 Å². The molecule has 0 heterocycles. The lowest BCUT2D eigenvalue weighted by atomic mass is 10.3. The number of alkyl halides is 3. The molecule has 0 fully saturated rings. The first kappa shape index (κ1) is 12.2. The van der Waals surface area contributed by atoms with Gasteiger partial charge in [-0.1, -0.05) is 13.0 Å². The summed E-state index contributed by atoms with van der Waals surface area (Å²) < 4.78 is 41.6. The molecule has 0 aliphatic carbocycles. The Hall–Kier alpha value is -0.840. The van der Waals surface area contributed by atoms with E-state index >= 15 is 0 Å². The van der Waals surface area contributed by atoms with Gasteiger partial charge in [0.05, 0.1) is 11.5 Å². The maximum absolute atomic E-state index is 12.1. The third-order valence-electron chi connectivity index (χ3n) is 1.48. The third-order valence-corrected chi connectivity index (χ3v) is 2.25. The minimum absolute atomic E-state index is 0.0541. The van der Waals surface area contributed by atoms with Crippen molar-refractivity contribution in [2.24, 2.45) is 0 Å². The fourth-order valence-corrected chi connectivity index (χ4v) is 1.54. The molecular formula is C10H10F3OS. The predicted octanol–water partition coefficient (Wildman–Crippen LogP) is 3.89. The summed E-state index contributed by atoms with van der Waals surface area (Å²) in [5.74, 6) is 0.262. The topological polar surface area (TPSA) is 9.23 Å². The molecule has 0 aliphatic heterocycles. The summed E-state index contributed by atoms with van der Waals surface area (Å²) in [4.78, 5) is 0.0541. The zero-order chi connectivity index (χ0) is 11.3. The molecule has 0 amide bonds. The van der Waals surface area contributed by atoms with Gasteiger partial charge in [-0.2, -0.15) is 13.2 Å². The number of ether oxygens (including phenoxy) is 1. The van der Waals surface area contributed by atoms with Gasteiger partial charge in [-0.05, 0) is 36.4 Å². The minimum Gasteiger partial charge on any atom is -0.492 e. The third kappa shape index (κ3) is 4.46. The number of halogens is 3. The first-order valence-corrected chi connectivity index (χ1v) is 5.23. The van der Waals surface area contributed by atoms with Gasteiger partial charge in [0.15, 0.2) is 0 Å². The molecule has 83 valence electrons. The molecule has 1 nitrogen and oxygen atoms in total. The summed E-state index contributed by atoms with van der Waals surface area (Å²) >= 11 is -0.178. The van der Waals surface area contributed by atoms with Gasteiger partial charge < -0.3 is 4.74 Å². The molecular weight excluding hydrogens is 225 g/mol. The Morgan fingerprint density at radius 1 is 1.47 bits per heavy atom. The van der Waals surface area contributed by atoms with Crippen LogP contribution in [0.1, 0.15) is 13.3 Å². The van der Waals surface area contributed by atoms with E-state index in [9.17, 15) is 13.2 Å². The lowest BCUT2D eigenvalue weighted by Gasteiger charge is -2.11. The molecule has 0 bridgehead atoms. The second-order valence-corrected chi connectivity index (χ2v) is 3.88. The quantitative estimate of drug-likeness (QED) is 0.732. The fourth-order valence-electron chi connectivity index (χ4n) is 0.937. The second kappa shape index (κ2) is 5.30. The molecule has 0 spiro atoms. The van der Waals surface area contributed by atoms with Gasteiger partial charge in [0, 0.05) is 0 Å². The highest BCUT2D eigenvalue weighted by Crippen LogP contribution is 2.41. The summed E-state index contributed by atoms with van der Waals surface area (Å²) in [5.41, 5.74) is -4.29. The molecule has 5 heteroatoms. The SMILES string of the molecule is CCCOc1cc[c]cc1SC(F)(F)F. The maximum atomic E-state index is 12.1. The van der Waals surface area contributed by atoms with E-state index in [1.54, 1.807) is 0 Å². The van der Waals surface area contributed by atoms with E-state index < -0.39 is 5.51 Å². The van der Waals surface area contributed by atoms with Gasteiger partial charge >= 0.3 is 5.51 Å². The summed E-state index contributed by atoms with van der Waals surface area (Å²) in [6, 6.07) is 6.90. The van der Waals surface area contributed by atoms with Crippen molar-refractivity contribution in [1.29, 1.82) is 0 Å². The summed E-state index contributed by atoms with van der Waals surface area (Å²) in [6.45, 7) is 2.31. The molecule has 1 aromatic carbocycles. The molecule has 0 aliphatic rings. The van der Waals surface area contributed by atoms with E-state index in [2.05, 4.69) is 6.07 Å².